The predicted molar refractivity (Wildman–Crippen MR) is 145 cm³/mol. The maximum Gasteiger partial charge on any atom is 0.337 e. The van der Waals surface area contributed by atoms with Crippen LogP contribution in [0.4, 0.5) is 0 Å². The highest BCUT2D eigenvalue weighted by Gasteiger charge is 2.28. The quantitative estimate of drug-likeness (QED) is 0.259. The fourth-order valence-electron chi connectivity index (χ4n) is 4.97. The van der Waals surface area contributed by atoms with Crippen LogP contribution >= 0.6 is 11.6 Å². The average Bonchev–Trinajstić information content (AvgIpc) is 2.86. The molecule has 4 nitrogen and oxygen atoms in total. The summed E-state index contributed by atoms with van der Waals surface area (Å²) in [6, 6.07) is 15.4. The number of aryl methyl sites for hydroxylation is 1. The van der Waals surface area contributed by atoms with E-state index in [1.165, 1.54) is 0 Å². The van der Waals surface area contributed by atoms with Crippen molar-refractivity contribution in [3.05, 3.63) is 70.2 Å². The van der Waals surface area contributed by atoms with Gasteiger partial charge in [-0.1, -0.05) is 67.5 Å². The molecule has 1 saturated carbocycles. The number of ether oxygens (including phenoxy) is 1. The molecule has 4 rings (SSSR count). The molecule has 0 bridgehead atoms. The Hall–Kier alpha value is -2.84. The Morgan fingerprint density at radius 2 is 1.83 bits per heavy atom. The first-order valence-corrected chi connectivity index (χ1v) is 13.1. The maximum absolute atomic E-state index is 12.4. The molecule has 3 aromatic rings. The van der Waals surface area contributed by atoms with Crippen molar-refractivity contribution in [3.63, 3.8) is 0 Å². The lowest BCUT2D eigenvalue weighted by atomic mass is 9.85. The molecule has 1 atom stereocenters. The highest BCUT2D eigenvalue weighted by molar-refractivity contribution is 6.30. The van der Waals surface area contributed by atoms with Crippen LogP contribution in [0.1, 0.15) is 74.7 Å². The van der Waals surface area contributed by atoms with Crippen LogP contribution in [0.5, 0.6) is 0 Å². The van der Waals surface area contributed by atoms with Crippen LogP contribution in [0.15, 0.2) is 48.5 Å². The lowest BCUT2D eigenvalue weighted by Gasteiger charge is -2.26. The van der Waals surface area contributed by atoms with Crippen molar-refractivity contribution in [1.82, 2.24) is 0 Å². The highest BCUT2D eigenvalue weighted by Crippen LogP contribution is 2.40. The van der Waals surface area contributed by atoms with Crippen LogP contribution in [0.25, 0.3) is 21.9 Å². The minimum absolute atomic E-state index is 0.370. The normalized spacial score (nSPS) is 15.8. The SMILES string of the molecule is CCCCOC(C(=O)O)c1c(C)cc2ccc(C#CC3(O)CCCCC3)cc2c1-c1ccc(Cl)cc1. The number of hydrogen-bond donors (Lipinski definition) is 2. The molecular weight excluding hydrogens is 472 g/mol. The van der Waals surface area contributed by atoms with E-state index < -0.39 is 17.7 Å². The summed E-state index contributed by atoms with van der Waals surface area (Å²) >= 11 is 6.18. The zero-order valence-corrected chi connectivity index (χ0v) is 21.7. The zero-order chi connectivity index (χ0) is 25.7. The van der Waals surface area contributed by atoms with Crippen molar-refractivity contribution in [2.75, 3.05) is 6.61 Å². The van der Waals surface area contributed by atoms with Gasteiger partial charge in [0.25, 0.3) is 0 Å². The molecule has 1 unspecified atom stereocenters. The van der Waals surface area contributed by atoms with Crippen LogP contribution < -0.4 is 0 Å². The van der Waals surface area contributed by atoms with Crippen LogP contribution in [-0.4, -0.2) is 28.4 Å². The maximum atomic E-state index is 12.4. The molecule has 36 heavy (non-hydrogen) atoms. The summed E-state index contributed by atoms with van der Waals surface area (Å²) in [7, 11) is 0. The molecule has 0 aliphatic heterocycles. The Kier molecular flexibility index (Phi) is 8.36. The number of rotatable bonds is 7. The third-order valence-corrected chi connectivity index (χ3v) is 7.16. The number of fused-ring (bicyclic) bond motifs is 1. The Labute approximate surface area is 218 Å². The van der Waals surface area contributed by atoms with Gasteiger partial charge in [-0.2, -0.15) is 0 Å². The Balaban J connectivity index is 1.91. The number of carbonyl (C=O) groups is 1. The Morgan fingerprint density at radius 1 is 1.11 bits per heavy atom. The molecule has 1 aliphatic rings. The number of hydrogen-bond acceptors (Lipinski definition) is 3. The lowest BCUT2D eigenvalue weighted by molar-refractivity contribution is -0.151. The third-order valence-electron chi connectivity index (χ3n) is 6.91. The van der Waals surface area contributed by atoms with E-state index in [1.54, 1.807) is 0 Å². The number of halogens is 1. The van der Waals surface area contributed by atoms with E-state index in [0.717, 1.165) is 65.1 Å². The highest BCUT2D eigenvalue weighted by atomic mass is 35.5. The van der Waals surface area contributed by atoms with E-state index in [9.17, 15) is 15.0 Å². The van der Waals surface area contributed by atoms with E-state index in [1.807, 2.05) is 62.4 Å². The minimum atomic E-state index is -1.09. The number of aliphatic carboxylic acids is 1. The van der Waals surface area contributed by atoms with Crippen molar-refractivity contribution in [2.24, 2.45) is 0 Å². The first-order chi connectivity index (χ1) is 17.3. The van der Waals surface area contributed by atoms with Gasteiger partial charge in [-0.25, -0.2) is 4.79 Å². The second-order valence-corrected chi connectivity index (χ2v) is 10.1. The van der Waals surface area contributed by atoms with Crippen LogP contribution in [0.3, 0.4) is 0 Å². The van der Waals surface area contributed by atoms with Crippen molar-refractivity contribution >= 4 is 28.3 Å². The van der Waals surface area contributed by atoms with Gasteiger partial charge in [0.2, 0.25) is 0 Å². The monoisotopic (exact) mass is 504 g/mol. The van der Waals surface area contributed by atoms with E-state index in [2.05, 4.69) is 11.8 Å². The fourth-order valence-corrected chi connectivity index (χ4v) is 5.09. The third kappa shape index (κ3) is 5.93. The molecule has 1 fully saturated rings. The van der Waals surface area contributed by atoms with E-state index in [4.69, 9.17) is 16.3 Å². The summed E-state index contributed by atoms with van der Waals surface area (Å²) in [5, 5.41) is 23.5. The molecule has 0 heterocycles. The standard InChI is InChI=1S/C31H33ClO4/c1-3-4-18-36-29(30(33)34)27-21(2)19-24-9-8-22(14-17-31(35)15-6-5-7-16-31)20-26(24)28(27)23-10-12-25(32)13-11-23/h8-13,19-20,29,35H,3-7,15-16,18H2,1-2H3,(H,33,34). The summed E-state index contributed by atoms with van der Waals surface area (Å²) in [5.41, 5.74) is 3.02. The van der Waals surface area contributed by atoms with Gasteiger partial charge in [0.05, 0.1) is 0 Å². The molecular formula is C31H33ClO4. The molecule has 1 aliphatic carbocycles. The number of carboxylic acid groups (broad SMARTS) is 1. The summed E-state index contributed by atoms with van der Waals surface area (Å²) in [4.78, 5) is 12.4. The number of benzene rings is 3. The Morgan fingerprint density at radius 3 is 2.50 bits per heavy atom. The zero-order valence-electron chi connectivity index (χ0n) is 20.9. The molecule has 2 N–H and O–H groups in total. The van der Waals surface area contributed by atoms with E-state index in [-0.39, 0.29) is 0 Å². The van der Waals surface area contributed by atoms with Gasteiger partial charge in [0.1, 0.15) is 5.60 Å². The van der Waals surface area contributed by atoms with Gasteiger partial charge in [0, 0.05) is 22.8 Å². The van der Waals surface area contributed by atoms with Gasteiger partial charge in [-0.3, -0.25) is 0 Å². The number of carboxylic acids is 1. The summed E-state index contributed by atoms with van der Waals surface area (Å²) < 4.78 is 5.93. The smallest absolute Gasteiger partial charge is 0.337 e. The van der Waals surface area contributed by atoms with Crippen LogP contribution in [0.2, 0.25) is 5.02 Å². The summed E-state index contributed by atoms with van der Waals surface area (Å²) in [6.45, 7) is 4.35. The van der Waals surface area contributed by atoms with Crippen molar-refractivity contribution < 1.29 is 19.7 Å². The molecule has 3 aromatic carbocycles. The van der Waals surface area contributed by atoms with Crippen molar-refractivity contribution in [1.29, 1.82) is 0 Å². The molecule has 0 saturated heterocycles. The molecule has 0 spiro atoms. The van der Waals surface area contributed by atoms with Gasteiger partial charge in [0.15, 0.2) is 6.10 Å². The molecule has 0 aromatic heterocycles. The minimum Gasteiger partial charge on any atom is -0.479 e. The fraction of sp³-hybridized carbons (Fsp3) is 0.387. The second-order valence-electron chi connectivity index (χ2n) is 9.71. The van der Waals surface area contributed by atoms with Gasteiger partial charge in [-0.15, -0.1) is 0 Å². The predicted octanol–water partition coefficient (Wildman–Crippen LogP) is 7.46. The Bertz CT molecular complexity index is 1290. The van der Waals surface area contributed by atoms with Crippen LogP contribution in [0, 0.1) is 18.8 Å². The van der Waals surface area contributed by atoms with Gasteiger partial charge >= 0.3 is 5.97 Å². The van der Waals surface area contributed by atoms with Crippen LogP contribution in [-0.2, 0) is 9.53 Å². The summed E-state index contributed by atoms with van der Waals surface area (Å²) in [6.07, 6.45) is 5.12. The molecule has 5 heteroatoms. The first kappa shape index (κ1) is 26.2. The van der Waals surface area contributed by atoms with Gasteiger partial charge < -0.3 is 14.9 Å². The first-order valence-electron chi connectivity index (χ1n) is 12.7. The largest absolute Gasteiger partial charge is 0.479 e. The lowest BCUT2D eigenvalue weighted by Crippen LogP contribution is -2.29. The molecule has 0 amide bonds. The summed E-state index contributed by atoms with van der Waals surface area (Å²) in [5.74, 6) is 5.30. The van der Waals surface area contributed by atoms with Crippen molar-refractivity contribution in [2.45, 2.75) is 70.5 Å². The number of unbranched alkanes of at least 4 members (excludes halogenated alkanes) is 1. The molecule has 188 valence electrons. The van der Waals surface area contributed by atoms with Crippen molar-refractivity contribution in [3.8, 4) is 23.0 Å². The number of aliphatic hydroxyl groups is 1. The van der Waals surface area contributed by atoms with Gasteiger partial charge in [-0.05, 0) is 90.8 Å². The average molecular weight is 505 g/mol. The topological polar surface area (TPSA) is 66.8 Å². The second kappa shape index (κ2) is 11.5. The molecule has 0 radical (unpaired) electrons. The van der Waals surface area contributed by atoms with E-state index in [0.29, 0.717) is 30.0 Å². The van der Waals surface area contributed by atoms with E-state index >= 15 is 0 Å².